The zero-order valence-electron chi connectivity index (χ0n) is 11.2. The molecular formula is C15H17BrN2OS. The minimum absolute atomic E-state index is 0.0267. The van der Waals surface area contributed by atoms with Crippen LogP contribution >= 0.6 is 27.3 Å². The molecule has 106 valence electrons. The summed E-state index contributed by atoms with van der Waals surface area (Å²) < 4.78 is 0.953. The minimum Gasteiger partial charge on any atom is -0.325 e. The normalized spacial score (nSPS) is 12.1. The van der Waals surface area contributed by atoms with Gasteiger partial charge < -0.3 is 10.6 Å². The van der Waals surface area contributed by atoms with Crippen LogP contribution in [-0.2, 0) is 11.2 Å². The van der Waals surface area contributed by atoms with E-state index < -0.39 is 0 Å². The lowest BCUT2D eigenvalue weighted by Crippen LogP contribution is -2.35. The number of carbonyl (C=O) groups is 1. The molecule has 0 saturated carbocycles. The van der Waals surface area contributed by atoms with E-state index in [1.165, 1.54) is 4.88 Å². The third-order valence-electron chi connectivity index (χ3n) is 2.81. The van der Waals surface area contributed by atoms with Crippen molar-refractivity contribution in [3.05, 3.63) is 51.1 Å². The van der Waals surface area contributed by atoms with Gasteiger partial charge in [0.05, 0.1) is 6.54 Å². The van der Waals surface area contributed by atoms with Crippen LogP contribution < -0.4 is 10.6 Å². The van der Waals surface area contributed by atoms with Crippen molar-refractivity contribution in [1.29, 1.82) is 0 Å². The van der Waals surface area contributed by atoms with E-state index >= 15 is 0 Å². The lowest BCUT2D eigenvalue weighted by Gasteiger charge is -2.13. The predicted octanol–water partition coefficient (Wildman–Crippen LogP) is 3.67. The summed E-state index contributed by atoms with van der Waals surface area (Å²) in [7, 11) is 0. The quantitative estimate of drug-likeness (QED) is 0.832. The number of carbonyl (C=O) groups excluding carboxylic acids is 1. The van der Waals surface area contributed by atoms with Gasteiger partial charge in [-0.2, -0.15) is 0 Å². The van der Waals surface area contributed by atoms with Gasteiger partial charge in [0.1, 0.15) is 0 Å². The molecule has 1 heterocycles. The Labute approximate surface area is 131 Å². The molecule has 0 bridgehead atoms. The Morgan fingerprint density at radius 2 is 2.20 bits per heavy atom. The first kappa shape index (κ1) is 15.2. The Kier molecular flexibility index (Phi) is 5.76. The highest BCUT2D eigenvalue weighted by Crippen LogP contribution is 2.15. The molecule has 5 heteroatoms. The lowest BCUT2D eigenvalue weighted by molar-refractivity contribution is -0.115. The van der Waals surface area contributed by atoms with Crippen molar-refractivity contribution in [3.8, 4) is 0 Å². The Morgan fingerprint density at radius 3 is 2.90 bits per heavy atom. The van der Waals surface area contributed by atoms with Crippen molar-refractivity contribution in [3.63, 3.8) is 0 Å². The van der Waals surface area contributed by atoms with Crippen LogP contribution in [0.2, 0.25) is 0 Å². The number of hydrogen-bond donors (Lipinski definition) is 2. The van der Waals surface area contributed by atoms with Gasteiger partial charge in [-0.25, -0.2) is 0 Å². The van der Waals surface area contributed by atoms with Crippen molar-refractivity contribution >= 4 is 38.9 Å². The number of thiophene rings is 1. The molecule has 0 saturated heterocycles. The number of amides is 1. The molecule has 1 aromatic carbocycles. The van der Waals surface area contributed by atoms with Gasteiger partial charge in [-0.15, -0.1) is 11.3 Å². The van der Waals surface area contributed by atoms with E-state index in [2.05, 4.69) is 44.9 Å². The molecule has 1 unspecified atom stereocenters. The average Bonchev–Trinajstić information content (AvgIpc) is 2.89. The Morgan fingerprint density at radius 1 is 1.35 bits per heavy atom. The van der Waals surface area contributed by atoms with Crippen LogP contribution in [0.15, 0.2) is 46.3 Å². The predicted molar refractivity (Wildman–Crippen MR) is 88.3 cm³/mol. The van der Waals surface area contributed by atoms with E-state index in [1.807, 2.05) is 30.3 Å². The van der Waals surface area contributed by atoms with Crippen LogP contribution in [0.1, 0.15) is 11.8 Å². The Bertz CT molecular complexity index is 557. The molecule has 20 heavy (non-hydrogen) atoms. The second-order valence-electron chi connectivity index (χ2n) is 4.62. The van der Waals surface area contributed by atoms with Crippen molar-refractivity contribution in [2.24, 2.45) is 0 Å². The zero-order valence-corrected chi connectivity index (χ0v) is 13.6. The second-order valence-corrected chi connectivity index (χ2v) is 6.57. The summed E-state index contributed by atoms with van der Waals surface area (Å²) in [6.45, 7) is 2.41. The van der Waals surface area contributed by atoms with E-state index in [9.17, 15) is 4.79 Å². The number of halogens is 1. The second kappa shape index (κ2) is 7.57. The van der Waals surface area contributed by atoms with Crippen molar-refractivity contribution in [1.82, 2.24) is 5.32 Å². The molecule has 2 rings (SSSR count). The van der Waals surface area contributed by atoms with Gasteiger partial charge in [0, 0.05) is 21.1 Å². The van der Waals surface area contributed by atoms with E-state index in [0.29, 0.717) is 6.54 Å². The number of benzene rings is 1. The van der Waals surface area contributed by atoms with E-state index in [4.69, 9.17) is 0 Å². The minimum atomic E-state index is -0.0267. The fourth-order valence-corrected chi connectivity index (χ4v) is 3.08. The molecule has 3 nitrogen and oxygen atoms in total. The first-order valence-corrected chi connectivity index (χ1v) is 8.12. The molecule has 2 N–H and O–H groups in total. The van der Waals surface area contributed by atoms with E-state index in [-0.39, 0.29) is 11.9 Å². The van der Waals surface area contributed by atoms with Crippen molar-refractivity contribution in [2.75, 3.05) is 11.9 Å². The largest absolute Gasteiger partial charge is 0.325 e. The summed E-state index contributed by atoms with van der Waals surface area (Å²) in [6.07, 6.45) is 0.946. The van der Waals surface area contributed by atoms with Crippen LogP contribution in [0.4, 0.5) is 5.69 Å². The molecule has 1 atom stereocenters. The molecule has 0 aliphatic rings. The molecule has 0 radical (unpaired) electrons. The van der Waals surface area contributed by atoms with Crippen LogP contribution in [0.5, 0.6) is 0 Å². The highest BCUT2D eigenvalue weighted by atomic mass is 79.9. The maximum Gasteiger partial charge on any atom is 0.238 e. The third kappa shape index (κ3) is 5.07. The first-order chi connectivity index (χ1) is 9.63. The zero-order chi connectivity index (χ0) is 14.4. The fraction of sp³-hybridized carbons (Fsp3) is 0.267. The van der Waals surface area contributed by atoms with Crippen LogP contribution in [0.25, 0.3) is 0 Å². The smallest absolute Gasteiger partial charge is 0.238 e. The van der Waals surface area contributed by atoms with Crippen molar-refractivity contribution < 1.29 is 4.79 Å². The highest BCUT2D eigenvalue weighted by Gasteiger charge is 2.07. The number of rotatable bonds is 6. The monoisotopic (exact) mass is 352 g/mol. The first-order valence-electron chi connectivity index (χ1n) is 6.44. The van der Waals surface area contributed by atoms with Gasteiger partial charge in [-0.1, -0.05) is 28.1 Å². The summed E-state index contributed by atoms with van der Waals surface area (Å²) in [4.78, 5) is 13.2. The molecule has 0 aliphatic heterocycles. The topological polar surface area (TPSA) is 41.1 Å². The molecule has 0 fully saturated rings. The molecule has 1 amide bonds. The molecule has 2 aromatic rings. The summed E-state index contributed by atoms with van der Waals surface area (Å²) in [5, 5.41) is 8.18. The standard InChI is InChI=1S/C15H17BrN2OS/c1-11(8-14-6-3-7-20-14)17-10-15(19)18-13-5-2-4-12(16)9-13/h2-7,9,11,17H,8,10H2,1H3,(H,18,19). The number of hydrogen-bond acceptors (Lipinski definition) is 3. The fourth-order valence-electron chi connectivity index (χ4n) is 1.84. The highest BCUT2D eigenvalue weighted by molar-refractivity contribution is 9.10. The van der Waals surface area contributed by atoms with Gasteiger partial charge in [-0.3, -0.25) is 4.79 Å². The summed E-state index contributed by atoms with van der Waals surface area (Å²) in [5.74, 6) is -0.0267. The van der Waals surface area contributed by atoms with E-state index in [1.54, 1.807) is 11.3 Å². The summed E-state index contributed by atoms with van der Waals surface area (Å²) in [6, 6.07) is 12.0. The summed E-state index contributed by atoms with van der Waals surface area (Å²) >= 11 is 5.13. The average molecular weight is 353 g/mol. The number of nitrogens with one attached hydrogen (secondary N) is 2. The van der Waals surface area contributed by atoms with Gasteiger partial charge >= 0.3 is 0 Å². The molecule has 1 aromatic heterocycles. The van der Waals surface area contributed by atoms with Gasteiger partial charge in [0.15, 0.2) is 0 Å². The van der Waals surface area contributed by atoms with Crippen LogP contribution in [0, 0.1) is 0 Å². The van der Waals surface area contributed by atoms with E-state index in [0.717, 1.165) is 16.6 Å². The Balaban J connectivity index is 1.74. The number of anilines is 1. The molecule has 0 aliphatic carbocycles. The van der Waals surface area contributed by atoms with Crippen molar-refractivity contribution in [2.45, 2.75) is 19.4 Å². The SMILES string of the molecule is CC(Cc1cccs1)NCC(=O)Nc1cccc(Br)c1. The van der Waals surface area contributed by atoms with Gasteiger partial charge in [0.25, 0.3) is 0 Å². The van der Waals surface area contributed by atoms with Gasteiger partial charge in [0.2, 0.25) is 5.91 Å². The Hall–Kier alpha value is -1.17. The summed E-state index contributed by atoms with van der Waals surface area (Å²) in [5.41, 5.74) is 0.803. The van der Waals surface area contributed by atoms with Crippen LogP contribution in [-0.4, -0.2) is 18.5 Å². The third-order valence-corrected chi connectivity index (χ3v) is 4.20. The molecule has 0 spiro atoms. The van der Waals surface area contributed by atoms with Crippen LogP contribution in [0.3, 0.4) is 0 Å². The lowest BCUT2D eigenvalue weighted by atomic mass is 10.2. The van der Waals surface area contributed by atoms with Gasteiger partial charge in [-0.05, 0) is 43.0 Å². The molecular weight excluding hydrogens is 336 g/mol. The maximum absolute atomic E-state index is 11.8. The maximum atomic E-state index is 11.8.